The molecule has 1 heterocycles. The maximum atomic E-state index is 11.9. The lowest BCUT2D eigenvalue weighted by atomic mass is 10.2. The minimum atomic E-state index is -0.489. The first-order valence-corrected chi connectivity index (χ1v) is 8.92. The molecule has 0 spiro atoms. The molecule has 0 atom stereocenters. The number of aromatic nitrogens is 1. The Bertz CT molecular complexity index is 872. The highest BCUT2D eigenvalue weighted by molar-refractivity contribution is 7.22. The predicted octanol–water partition coefficient (Wildman–Crippen LogP) is 3.56. The van der Waals surface area contributed by atoms with Crippen LogP contribution in [0.15, 0.2) is 48.5 Å². The molecule has 26 heavy (non-hydrogen) atoms. The van der Waals surface area contributed by atoms with Crippen molar-refractivity contribution < 1.29 is 19.1 Å². The van der Waals surface area contributed by atoms with Gasteiger partial charge in [0.1, 0.15) is 5.75 Å². The van der Waals surface area contributed by atoms with E-state index in [0.717, 1.165) is 15.8 Å². The van der Waals surface area contributed by atoms with Gasteiger partial charge in [0, 0.05) is 0 Å². The molecule has 2 aromatic carbocycles. The van der Waals surface area contributed by atoms with Gasteiger partial charge in [0.25, 0.3) is 5.91 Å². The molecule has 134 valence electrons. The van der Waals surface area contributed by atoms with Gasteiger partial charge in [0.2, 0.25) is 0 Å². The van der Waals surface area contributed by atoms with Gasteiger partial charge in [-0.1, -0.05) is 41.2 Å². The molecular formula is C19H18N2O4S. The lowest BCUT2D eigenvalue weighted by Crippen LogP contribution is -2.21. The van der Waals surface area contributed by atoms with Crippen LogP contribution in [0.1, 0.15) is 12.0 Å². The van der Waals surface area contributed by atoms with E-state index < -0.39 is 11.9 Å². The molecule has 1 aromatic heterocycles. The fraction of sp³-hybridized carbons (Fsp3) is 0.211. The van der Waals surface area contributed by atoms with E-state index in [1.807, 2.05) is 55.5 Å². The Balaban J connectivity index is 1.38. The lowest BCUT2D eigenvalue weighted by molar-refractivity contribution is -0.147. The molecule has 0 radical (unpaired) electrons. The predicted molar refractivity (Wildman–Crippen MR) is 100 cm³/mol. The normalized spacial score (nSPS) is 10.5. The number of hydrogen-bond acceptors (Lipinski definition) is 6. The Kier molecular flexibility index (Phi) is 5.80. The number of amides is 1. The molecule has 0 fully saturated rings. The summed E-state index contributed by atoms with van der Waals surface area (Å²) >= 11 is 1.37. The molecule has 7 heteroatoms. The number of nitrogens with one attached hydrogen (secondary N) is 1. The van der Waals surface area contributed by atoms with Crippen molar-refractivity contribution in [3.63, 3.8) is 0 Å². The first kappa shape index (κ1) is 17.9. The Hall–Kier alpha value is -2.93. The van der Waals surface area contributed by atoms with Crippen LogP contribution in [0.4, 0.5) is 5.13 Å². The summed E-state index contributed by atoms with van der Waals surface area (Å²) in [6, 6.07) is 15.1. The zero-order valence-corrected chi connectivity index (χ0v) is 15.0. The Labute approximate surface area is 154 Å². The third-order valence-electron chi connectivity index (χ3n) is 3.50. The number of nitrogens with zero attached hydrogens (tertiary/aromatic N) is 1. The van der Waals surface area contributed by atoms with Gasteiger partial charge >= 0.3 is 5.97 Å². The molecule has 3 rings (SSSR count). The summed E-state index contributed by atoms with van der Waals surface area (Å²) in [5, 5.41) is 3.12. The number of carbonyl (C=O) groups excluding carboxylic acids is 2. The monoisotopic (exact) mass is 370 g/mol. The number of ether oxygens (including phenoxy) is 2. The number of anilines is 1. The maximum absolute atomic E-state index is 11.9. The molecule has 0 aliphatic rings. The SMILES string of the molecule is Cc1ccc(OCCC(=O)OCC(=O)Nc2nc3ccccc3s2)cc1. The highest BCUT2D eigenvalue weighted by atomic mass is 32.1. The Morgan fingerprint density at radius 3 is 2.65 bits per heavy atom. The van der Waals surface area contributed by atoms with E-state index >= 15 is 0 Å². The number of para-hydroxylation sites is 1. The Morgan fingerprint density at radius 2 is 1.88 bits per heavy atom. The number of benzene rings is 2. The van der Waals surface area contributed by atoms with E-state index in [-0.39, 0.29) is 19.6 Å². The topological polar surface area (TPSA) is 77.5 Å². The maximum Gasteiger partial charge on any atom is 0.309 e. The highest BCUT2D eigenvalue weighted by Gasteiger charge is 2.11. The Morgan fingerprint density at radius 1 is 1.12 bits per heavy atom. The molecule has 1 amide bonds. The van der Waals surface area contributed by atoms with Gasteiger partial charge in [-0.2, -0.15) is 0 Å². The van der Waals surface area contributed by atoms with Crippen LogP contribution >= 0.6 is 11.3 Å². The number of fused-ring (bicyclic) bond motifs is 1. The van der Waals surface area contributed by atoms with E-state index in [0.29, 0.717) is 10.9 Å². The van der Waals surface area contributed by atoms with Crippen LogP contribution in [0.3, 0.4) is 0 Å². The van der Waals surface area contributed by atoms with Crippen molar-refractivity contribution in [2.45, 2.75) is 13.3 Å². The third-order valence-corrected chi connectivity index (χ3v) is 4.45. The van der Waals surface area contributed by atoms with E-state index in [2.05, 4.69) is 10.3 Å². The average molecular weight is 370 g/mol. The van der Waals surface area contributed by atoms with Crippen LogP contribution in [0.2, 0.25) is 0 Å². The van der Waals surface area contributed by atoms with Crippen molar-refractivity contribution in [1.82, 2.24) is 4.98 Å². The van der Waals surface area contributed by atoms with E-state index in [1.54, 1.807) is 0 Å². The van der Waals surface area contributed by atoms with E-state index in [1.165, 1.54) is 11.3 Å². The summed E-state index contributed by atoms with van der Waals surface area (Å²) in [7, 11) is 0. The lowest BCUT2D eigenvalue weighted by Gasteiger charge is -2.07. The zero-order valence-electron chi connectivity index (χ0n) is 14.2. The molecule has 0 bridgehead atoms. The quantitative estimate of drug-likeness (QED) is 0.644. The molecule has 0 unspecified atom stereocenters. The molecule has 1 N–H and O–H groups in total. The van der Waals surface area contributed by atoms with Crippen molar-refractivity contribution in [2.75, 3.05) is 18.5 Å². The molecule has 0 aliphatic heterocycles. The van der Waals surface area contributed by atoms with Crippen molar-refractivity contribution in [3.8, 4) is 5.75 Å². The van der Waals surface area contributed by atoms with E-state index in [9.17, 15) is 9.59 Å². The second-order valence-electron chi connectivity index (χ2n) is 5.61. The summed E-state index contributed by atoms with van der Waals surface area (Å²) in [6.07, 6.45) is 0.0717. The zero-order chi connectivity index (χ0) is 18.4. The van der Waals surface area contributed by atoms with Gasteiger partial charge in [0.15, 0.2) is 11.7 Å². The molecule has 0 saturated carbocycles. The smallest absolute Gasteiger partial charge is 0.309 e. The van der Waals surface area contributed by atoms with Gasteiger partial charge in [-0.15, -0.1) is 0 Å². The molecular weight excluding hydrogens is 352 g/mol. The third kappa shape index (κ3) is 5.03. The van der Waals surface area contributed by atoms with Crippen molar-refractivity contribution in [3.05, 3.63) is 54.1 Å². The number of rotatable bonds is 7. The first-order valence-electron chi connectivity index (χ1n) is 8.11. The van der Waals surface area contributed by atoms with E-state index in [4.69, 9.17) is 9.47 Å². The molecule has 6 nitrogen and oxygen atoms in total. The van der Waals surface area contributed by atoms with Crippen LogP contribution in [-0.2, 0) is 14.3 Å². The fourth-order valence-corrected chi connectivity index (χ4v) is 3.07. The number of thiazole rings is 1. The van der Waals surface area contributed by atoms with Gasteiger partial charge < -0.3 is 9.47 Å². The first-order chi connectivity index (χ1) is 12.6. The summed E-state index contributed by atoms with van der Waals surface area (Å²) in [5.74, 6) is -0.217. The highest BCUT2D eigenvalue weighted by Crippen LogP contribution is 2.25. The van der Waals surface area contributed by atoms with Crippen LogP contribution in [0.5, 0.6) is 5.75 Å². The van der Waals surface area contributed by atoms with Crippen molar-refractivity contribution in [1.29, 1.82) is 0 Å². The van der Waals surface area contributed by atoms with Crippen molar-refractivity contribution >= 4 is 38.6 Å². The van der Waals surface area contributed by atoms with Gasteiger partial charge in [-0.05, 0) is 31.2 Å². The fourth-order valence-electron chi connectivity index (χ4n) is 2.19. The minimum Gasteiger partial charge on any atom is -0.493 e. The summed E-state index contributed by atoms with van der Waals surface area (Å²) < 4.78 is 11.4. The van der Waals surface area contributed by atoms with Crippen LogP contribution < -0.4 is 10.1 Å². The number of esters is 1. The van der Waals surface area contributed by atoms with Gasteiger partial charge in [0.05, 0.1) is 23.2 Å². The van der Waals surface area contributed by atoms with Gasteiger partial charge in [-0.3, -0.25) is 14.9 Å². The second kappa shape index (κ2) is 8.44. The number of aryl methyl sites for hydroxylation is 1. The van der Waals surface area contributed by atoms with Crippen LogP contribution in [-0.4, -0.2) is 30.1 Å². The van der Waals surface area contributed by atoms with Crippen LogP contribution in [0.25, 0.3) is 10.2 Å². The standard InChI is InChI=1S/C19H18N2O4S/c1-13-6-8-14(9-7-13)24-11-10-18(23)25-12-17(22)21-19-20-15-4-2-3-5-16(15)26-19/h2-9H,10-12H2,1H3,(H,20,21,22). The largest absolute Gasteiger partial charge is 0.493 e. The second-order valence-corrected chi connectivity index (χ2v) is 6.64. The van der Waals surface area contributed by atoms with Gasteiger partial charge in [-0.25, -0.2) is 4.98 Å². The molecule has 0 aliphatic carbocycles. The summed E-state index contributed by atoms with van der Waals surface area (Å²) in [5.41, 5.74) is 1.95. The minimum absolute atomic E-state index is 0.0717. The number of hydrogen-bond donors (Lipinski definition) is 1. The average Bonchev–Trinajstić information content (AvgIpc) is 3.04. The summed E-state index contributed by atoms with van der Waals surface area (Å²) in [4.78, 5) is 27.9. The molecule has 0 saturated heterocycles. The molecule has 3 aromatic rings. The summed E-state index contributed by atoms with van der Waals surface area (Å²) in [6.45, 7) is 1.83. The van der Waals surface area contributed by atoms with Crippen molar-refractivity contribution in [2.24, 2.45) is 0 Å². The van der Waals surface area contributed by atoms with Crippen LogP contribution in [0, 0.1) is 6.92 Å². The number of carbonyl (C=O) groups is 2.